The number of nitrogens with zero attached hydrogens (tertiary/aromatic N) is 1. The first kappa shape index (κ1) is 14.8. The number of benzene rings is 1. The summed E-state index contributed by atoms with van der Waals surface area (Å²) in [6.07, 6.45) is 0. The highest BCUT2D eigenvalue weighted by molar-refractivity contribution is 5.30. The van der Waals surface area contributed by atoms with Crippen LogP contribution in [-0.2, 0) is 16.0 Å². The van der Waals surface area contributed by atoms with Crippen molar-refractivity contribution in [2.45, 2.75) is 6.54 Å². The van der Waals surface area contributed by atoms with Gasteiger partial charge in [-0.3, -0.25) is 4.90 Å². The molecular weight excluding hydrogens is 273 g/mol. The van der Waals surface area contributed by atoms with E-state index >= 15 is 0 Å². The first-order valence-corrected chi connectivity index (χ1v) is 7.28. The maximum Gasteiger partial charge on any atom is 0.165 e. The van der Waals surface area contributed by atoms with E-state index in [1.807, 2.05) is 6.07 Å². The van der Waals surface area contributed by atoms with Gasteiger partial charge in [0, 0.05) is 38.1 Å². The van der Waals surface area contributed by atoms with Gasteiger partial charge in [0.15, 0.2) is 11.6 Å². The molecule has 116 valence electrons. The number of fused-ring (bicyclic) bond motifs is 1. The van der Waals surface area contributed by atoms with Crippen LogP contribution in [0, 0.1) is 17.2 Å². The fourth-order valence-corrected chi connectivity index (χ4v) is 3.62. The van der Waals surface area contributed by atoms with Crippen LogP contribution in [0.4, 0.5) is 4.39 Å². The van der Waals surface area contributed by atoms with E-state index in [9.17, 15) is 4.39 Å². The minimum atomic E-state index is -0.316. The predicted molar refractivity (Wildman–Crippen MR) is 76.8 cm³/mol. The van der Waals surface area contributed by atoms with Gasteiger partial charge in [-0.25, -0.2) is 4.39 Å². The van der Waals surface area contributed by atoms with E-state index in [-0.39, 0.29) is 11.2 Å². The molecule has 2 fully saturated rings. The van der Waals surface area contributed by atoms with Crippen molar-refractivity contribution in [3.63, 3.8) is 0 Å². The summed E-state index contributed by atoms with van der Waals surface area (Å²) in [6, 6.07) is 5.08. The monoisotopic (exact) mass is 295 g/mol. The highest BCUT2D eigenvalue weighted by atomic mass is 19.1. The molecule has 2 aliphatic rings. The van der Waals surface area contributed by atoms with Gasteiger partial charge in [-0.2, -0.15) is 0 Å². The molecule has 0 saturated carbocycles. The SMILES string of the molecule is COC[C@@]12COC[C@@H]1CN(Cc1ccc(F)c(OC)c1)C2. The second kappa shape index (κ2) is 5.91. The second-order valence-corrected chi connectivity index (χ2v) is 6.15. The number of rotatable bonds is 5. The maximum atomic E-state index is 13.5. The van der Waals surface area contributed by atoms with Crippen molar-refractivity contribution in [2.75, 3.05) is 47.1 Å². The van der Waals surface area contributed by atoms with Crippen molar-refractivity contribution in [1.82, 2.24) is 4.90 Å². The second-order valence-electron chi connectivity index (χ2n) is 6.15. The van der Waals surface area contributed by atoms with E-state index < -0.39 is 0 Å². The minimum absolute atomic E-state index is 0.124. The fourth-order valence-electron chi connectivity index (χ4n) is 3.62. The molecule has 1 aromatic rings. The standard InChI is InChI=1S/C16H22FNO3/c1-19-10-16-9-18(7-13(16)8-21-11-16)6-12-3-4-14(17)15(5-12)20-2/h3-5,13H,6-11H2,1-2H3/t13-,16-/m0/s1. The Bertz CT molecular complexity index is 510. The topological polar surface area (TPSA) is 30.9 Å². The van der Waals surface area contributed by atoms with Gasteiger partial charge in [0.25, 0.3) is 0 Å². The average molecular weight is 295 g/mol. The Kier molecular flexibility index (Phi) is 4.15. The van der Waals surface area contributed by atoms with E-state index in [0.717, 1.165) is 45.0 Å². The lowest BCUT2D eigenvalue weighted by Gasteiger charge is -2.26. The molecule has 5 heteroatoms. The van der Waals surface area contributed by atoms with Crippen molar-refractivity contribution in [3.8, 4) is 5.75 Å². The molecule has 0 unspecified atom stereocenters. The van der Waals surface area contributed by atoms with E-state index in [1.165, 1.54) is 13.2 Å². The van der Waals surface area contributed by atoms with E-state index in [4.69, 9.17) is 14.2 Å². The molecule has 0 N–H and O–H groups in total. The summed E-state index contributed by atoms with van der Waals surface area (Å²) >= 11 is 0. The fraction of sp³-hybridized carbons (Fsp3) is 0.625. The molecule has 0 bridgehead atoms. The molecule has 2 heterocycles. The van der Waals surface area contributed by atoms with Crippen molar-refractivity contribution in [2.24, 2.45) is 11.3 Å². The summed E-state index contributed by atoms with van der Waals surface area (Å²) in [6.45, 7) is 5.09. The molecule has 2 aliphatic heterocycles. The summed E-state index contributed by atoms with van der Waals surface area (Å²) < 4.78 is 29.6. The first-order chi connectivity index (χ1) is 10.2. The normalized spacial score (nSPS) is 28.8. The Morgan fingerprint density at radius 1 is 1.43 bits per heavy atom. The van der Waals surface area contributed by atoms with Gasteiger partial charge < -0.3 is 14.2 Å². The molecule has 0 spiro atoms. The molecule has 1 aromatic carbocycles. The van der Waals surface area contributed by atoms with Crippen LogP contribution >= 0.6 is 0 Å². The highest BCUT2D eigenvalue weighted by Crippen LogP contribution is 2.42. The van der Waals surface area contributed by atoms with Gasteiger partial charge in [0.2, 0.25) is 0 Å². The third kappa shape index (κ3) is 2.78. The summed E-state index contributed by atoms with van der Waals surface area (Å²) in [5.74, 6) is 0.519. The molecule has 0 aromatic heterocycles. The zero-order valence-electron chi connectivity index (χ0n) is 12.6. The number of halogens is 1. The number of ether oxygens (including phenoxy) is 3. The maximum absolute atomic E-state index is 13.5. The average Bonchev–Trinajstić information content (AvgIpc) is 2.97. The summed E-state index contributed by atoms with van der Waals surface area (Å²) in [5.41, 5.74) is 1.19. The van der Waals surface area contributed by atoms with Gasteiger partial charge in [0.1, 0.15) is 0 Å². The molecule has 3 rings (SSSR count). The van der Waals surface area contributed by atoms with E-state index in [1.54, 1.807) is 13.2 Å². The van der Waals surface area contributed by atoms with Crippen LogP contribution in [-0.4, -0.2) is 52.0 Å². The molecule has 2 atom stereocenters. The van der Waals surface area contributed by atoms with Crippen LogP contribution in [0.15, 0.2) is 18.2 Å². The smallest absolute Gasteiger partial charge is 0.165 e. The largest absolute Gasteiger partial charge is 0.494 e. The molecular formula is C16H22FNO3. The van der Waals surface area contributed by atoms with E-state index in [2.05, 4.69) is 4.90 Å². The zero-order valence-corrected chi connectivity index (χ0v) is 12.6. The predicted octanol–water partition coefficient (Wildman–Crippen LogP) is 1.93. The van der Waals surface area contributed by atoms with Crippen molar-refractivity contribution in [1.29, 1.82) is 0 Å². The Hall–Kier alpha value is -1.17. The van der Waals surface area contributed by atoms with Crippen molar-refractivity contribution >= 4 is 0 Å². The van der Waals surface area contributed by atoms with Gasteiger partial charge in [-0.1, -0.05) is 6.07 Å². The van der Waals surface area contributed by atoms with Gasteiger partial charge in [0.05, 0.1) is 26.9 Å². The summed E-state index contributed by atoms with van der Waals surface area (Å²) in [7, 11) is 3.24. The molecule has 21 heavy (non-hydrogen) atoms. The third-order valence-electron chi connectivity index (χ3n) is 4.65. The van der Waals surface area contributed by atoms with Gasteiger partial charge in [-0.15, -0.1) is 0 Å². The lowest BCUT2D eigenvalue weighted by atomic mass is 9.82. The Balaban J connectivity index is 1.70. The third-order valence-corrected chi connectivity index (χ3v) is 4.65. The Morgan fingerprint density at radius 2 is 2.29 bits per heavy atom. The molecule has 0 aliphatic carbocycles. The van der Waals surface area contributed by atoms with Gasteiger partial charge >= 0.3 is 0 Å². The number of hydrogen-bond acceptors (Lipinski definition) is 4. The quantitative estimate of drug-likeness (QED) is 0.830. The van der Waals surface area contributed by atoms with Crippen LogP contribution in [0.2, 0.25) is 0 Å². The van der Waals surface area contributed by atoms with Crippen LogP contribution in [0.25, 0.3) is 0 Å². The lowest BCUT2D eigenvalue weighted by Crippen LogP contribution is -2.35. The van der Waals surface area contributed by atoms with Crippen molar-refractivity contribution in [3.05, 3.63) is 29.6 Å². The number of hydrogen-bond donors (Lipinski definition) is 0. The van der Waals surface area contributed by atoms with E-state index in [0.29, 0.717) is 11.7 Å². The minimum Gasteiger partial charge on any atom is -0.494 e. The van der Waals surface area contributed by atoms with Crippen LogP contribution in [0.5, 0.6) is 5.75 Å². The first-order valence-electron chi connectivity index (χ1n) is 7.28. The summed E-state index contributed by atoms with van der Waals surface area (Å²) in [4.78, 5) is 2.40. The highest BCUT2D eigenvalue weighted by Gasteiger charge is 2.50. The van der Waals surface area contributed by atoms with Crippen LogP contribution in [0.3, 0.4) is 0 Å². The van der Waals surface area contributed by atoms with Crippen molar-refractivity contribution < 1.29 is 18.6 Å². The van der Waals surface area contributed by atoms with Gasteiger partial charge in [-0.05, 0) is 17.7 Å². The Labute approximate surface area is 124 Å². The zero-order chi connectivity index (χ0) is 14.9. The molecule has 2 saturated heterocycles. The number of methoxy groups -OCH3 is 2. The molecule has 4 nitrogen and oxygen atoms in total. The lowest BCUT2D eigenvalue weighted by molar-refractivity contribution is 0.0533. The molecule has 0 radical (unpaired) electrons. The number of likely N-dealkylation sites (tertiary alicyclic amines) is 1. The Morgan fingerprint density at radius 3 is 3.05 bits per heavy atom. The summed E-state index contributed by atoms with van der Waals surface area (Å²) in [5, 5.41) is 0. The van der Waals surface area contributed by atoms with Crippen LogP contribution < -0.4 is 4.74 Å². The molecule has 0 amide bonds. The van der Waals surface area contributed by atoms with Crippen LogP contribution in [0.1, 0.15) is 5.56 Å².